The molecular formula is C22H29N5O3S. The highest BCUT2D eigenvalue weighted by Gasteiger charge is 2.30. The van der Waals surface area contributed by atoms with Crippen LogP contribution in [0.5, 0.6) is 5.75 Å². The Hall–Kier alpha value is -2.39. The van der Waals surface area contributed by atoms with Gasteiger partial charge in [-0.25, -0.2) is 8.42 Å². The Morgan fingerprint density at radius 1 is 0.968 bits per heavy atom. The number of ether oxygens (including phenoxy) is 1. The topological polar surface area (TPSA) is 78.9 Å². The molecule has 9 heteroatoms. The number of rotatable bonds is 4. The number of fused-ring (bicyclic) bond motifs is 1. The molecule has 166 valence electrons. The summed E-state index contributed by atoms with van der Waals surface area (Å²) in [6.07, 6.45) is 4.42. The molecule has 0 spiro atoms. The Morgan fingerprint density at radius 3 is 2.48 bits per heavy atom. The SMILES string of the molecule is CC1CCCCN1c1ccc(N2CCN(S(=O)(=O)c3ccc4c(c3)CCO4)CC2)nn1. The lowest BCUT2D eigenvalue weighted by Gasteiger charge is -2.35. The fourth-order valence-electron chi connectivity index (χ4n) is 4.71. The summed E-state index contributed by atoms with van der Waals surface area (Å²) in [5.41, 5.74) is 0.970. The minimum absolute atomic E-state index is 0.352. The van der Waals surface area contributed by atoms with Gasteiger partial charge in [-0.3, -0.25) is 0 Å². The number of hydrogen-bond acceptors (Lipinski definition) is 7. The van der Waals surface area contributed by atoms with Crippen molar-refractivity contribution in [2.75, 3.05) is 49.1 Å². The van der Waals surface area contributed by atoms with Crippen LogP contribution in [-0.4, -0.2) is 68.3 Å². The molecule has 1 unspecified atom stereocenters. The first-order valence-electron chi connectivity index (χ1n) is 11.1. The van der Waals surface area contributed by atoms with Crippen LogP contribution in [0.4, 0.5) is 11.6 Å². The van der Waals surface area contributed by atoms with E-state index >= 15 is 0 Å². The molecule has 2 saturated heterocycles. The van der Waals surface area contributed by atoms with Crippen molar-refractivity contribution in [3.63, 3.8) is 0 Å². The lowest BCUT2D eigenvalue weighted by molar-refractivity contribution is 0.356. The highest BCUT2D eigenvalue weighted by molar-refractivity contribution is 7.89. The summed E-state index contributed by atoms with van der Waals surface area (Å²) in [7, 11) is -3.51. The first kappa shape index (κ1) is 20.5. The molecule has 0 N–H and O–H groups in total. The number of piperazine rings is 1. The van der Waals surface area contributed by atoms with Crippen LogP contribution in [-0.2, 0) is 16.4 Å². The summed E-state index contributed by atoms with van der Waals surface area (Å²) in [6, 6.07) is 9.72. The van der Waals surface area contributed by atoms with Gasteiger partial charge in [0, 0.05) is 45.2 Å². The molecule has 1 aromatic heterocycles. The lowest BCUT2D eigenvalue weighted by Crippen LogP contribution is -2.49. The molecule has 4 heterocycles. The van der Waals surface area contributed by atoms with Gasteiger partial charge < -0.3 is 14.5 Å². The Balaban J connectivity index is 1.24. The van der Waals surface area contributed by atoms with Crippen molar-refractivity contribution in [3.8, 4) is 5.75 Å². The fraction of sp³-hybridized carbons (Fsp3) is 0.545. The first-order valence-corrected chi connectivity index (χ1v) is 12.6. The number of anilines is 2. The van der Waals surface area contributed by atoms with E-state index in [1.165, 1.54) is 19.3 Å². The second-order valence-electron chi connectivity index (χ2n) is 8.55. The van der Waals surface area contributed by atoms with Gasteiger partial charge in [-0.15, -0.1) is 10.2 Å². The zero-order valence-electron chi connectivity index (χ0n) is 17.9. The predicted molar refractivity (Wildman–Crippen MR) is 119 cm³/mol. The zero-order valence-corrected chi connectivity index (χ0v) is 18.7. The second-order valence-corrected chi connectivity index (χ2v) is 10.5. The minimum Gasteiger partial charge on any atom is -0.493 e. The van der Waals surface area contributed by atoms with Gasteiger partial charge in [-0.05, 0) is 62.1 Å². The van der Waals surface area contributed by atoms with E-state index < -0.39 is 10.0 Å². The van der Waals surface area contributed by atoms with E-state index in [0.717, 1.165) is 35.9 Å². The number of piperidine rings is 1. The molecule has 5 rings (SSSR count). The maximum atomic E-state index is 13.1. The third kappa shape index (κ3) is 3.96. The van der Waals surface area contributed by atoms with Crippen molar-refractivity contribution < 1.29 is 13.2 Å². The van der Waals surface area contributed by atoms with Gasteiger partial charge in [-0.2, -0.15) is 4.31 Å². The highest BCUT2D eigenvalue weighted by atomic mass is 32.2. The van der Waals surface area contributed by atoms with E-state index in [1.54, 1.807) is 22.5 Å². The van der Waals surface area contributed by atoms with Crippen molar-refractivity contribution in [2.45, 2.75) is 43.5 Å². The summed E-state index contributed by atoms with van der Waals surface area (Å²) in [5, 5.41) is 8.92. The smallest absolute Gasteiger partial charge is 0.243 e. The molecule has 0 bridgehead atoms. The van der Waals surface area contributed by atoms with E-state index in [-0.39, 0.29) is 0 Å². The highest BCUT2D eigenvalue weighted by Crippen LogP contribution is 2.29. The summed E-state index contributed by atoms with van der Waals surface area (Å²) in [5.74, 6) is 2.53. The molecule has 0 saturated carbocycles. The second kappa shape index (κ2) is 8.27. The number of aromatic nitrogens is 2. The van der Waals surface area contributed by atoms with E-state index in [9.17, 15) is 8.42 Å². The van der Waals surface area contributed by atoms with Gasteiger partial charge in [0.25, 0.3) is 0 Å². The van der Waals surface area contributed by atoms with E-state index in [4.69, 9.17) is 4.74 Å². The quantitative estimate of drug-likeness (QED) is 0.717. The van der Waals surface area contributed by atoms with Crippen LogP contribution in [0.3, 0.4) is 0 Å². The Morgan fingerprint density at radius 2 is 1.74 bits per heavy atom. The Labute approximate surface area is 183 Å². The molecule has 0 aliphatic carbocycles. The van der Waals surface area contributed by atoms with Gasteiger partial charge in [0.05, 0.1) is 11.5 Å². The van der Waals surface area contributed by atoms with Gasteiger partial charge in [0.2, 0.25) is 10.0 Å². The van der Waals surface area contributed by atoms with Crippen molar-refractivity contribution in [3.05, 3.63) is 35.9 Å². The molecule has 8 nitrogen and oxygen atoms in total. The summed E-state index contributed by atoms with van der Waals surface area (Å²) in [6.45, 7) is 5.95. The van der Waals surface area contributed by atoms with Crippen LogP contribution in [0.15, 0.2) is 35.2 Å². The molecule has 3 aliphatic heterocycles. The van der Waals surface area contributed by atoms with Crippen LogP contribution in [0, 0.1) is 0 Å². The number of nitrogens with zero attached hydrogens (tertiary/aromatic N) is 5. The average Bonchev–Trinajstić information content (AvgIpc) is 3.28. The molecular weight excluding hydrogens is 414 g/mol. The van der Waals surface area contributed by atoms with Crippen LogP contribution in [0.25, 0.3) is 0 Å². The maximum Gasteiger partial charge on any atom is 0.243 e. The lowest BCUT2D eigenvalue weighted by atomic mass is 10.0. The van der Waals surface area contributed by atoms with Crippen LogP contribution < -0.4 is 14.5 Å². The van der Waals surface area contributed by atoms with Gasteiger partial charge >= 0.3 is 0 Å². The molecule has 31 heavy (non-hydrogen) atoms. The summed E-state index contributed by atoms with van der Waals surface area (Å²) < 4.78 is 33.3. The Bertz CT molecular complexity index is 1040. The first-order chi connectivity index (χ1) is 15.0. The van der Waals surface area contributed by atoms with E-state index in [0.29, 0.717) is 43.7 Å². The van der Waals surface area contributed by atoms with Crippen LogP contribution >= 0.6 is 0 Å². The monoisotopic (exact) mass is 443 g/mol. The largest absolute Gasteiger partial charge is 0.493 e. The van der Waals surface area contributed by atoms with Crippen molar-refractivity contribution >= 4 is 21.7 Å². The van der Waals surface area contributed by atoms with E-state index in [2.05, 4.69) is 26.9 Å². The number of hydrogen-bond donors (Lipinski definition) is 0. The van der Waals surface area contributed by atoms with Crippen molar-refractivity contribution in [1.29, 1.82) is 0 Å². The van der Waals surface area contributed by atoms with E-state index in [1.807, 2.05) is 12.1 Å². The van der Waals surface area contributed by atoms with Gasteiger partial charge in [0.15, 0.2) is 11.6 Å². The molecule has 1 atom stereocenters. The molecule has 2 fully saturated rings. The molecule has 1 aromatic carbocycles. The number of sulfonamides is 1. The fourth-order valence-corrected chi connectivity index (χ4v) is 6.18. The molecule has 0 amide bonds. The Kier molecular flexibility index (Phi) is 5.47. The van der Waals surface area contributed by atoms with Crippen molar-refractivity contribution in [1.82, 2.24) is 14.5 Å². The standard InChI is InChI=1S/C22H29N5O3S/c1-17-4-2-3-10-27(17)22-8-7-21(23-24-22)25-11-13-26(14-12-25)31(28,29)19-5-6-20-18(16-19)9-15-30-20/h5-8,16-17H,2-4,9-15H2,1H3. The predicted octanol–water partition coefficient (Wildman–Crippen LogP) is 2.30. The van der Waals surface area contributed by atoms with Crippen LogP contribution in [0.2, 0.25) is 0 Å². The molecule has 2 aromatic rings. The third-order valence-electron chi connectivity index (χ3n) is 6.59. The number of benzene rings is 1. The molecule has 0 radical (unpaired) electrons. The maximum absolute atomic E-state index is 13.1. The van der Waals surface area contributed by atoms with Gasteiger partial charge in [-0.1, -0.05) is 0 Å². The summed E-state index contributed by atoms with van der Waals surface area (Å²) >= 11 is 0. The minimum atomic E-state index is -3.51. The third-order valence-corrected chi connectivity index (χ3v) is 8.49. The van der Waals surface area contributed by atoms with Crippen LogP contribution in [0.1, 0.15) is 31.7 Å². The normalized spacial score (nSPS) is 22.3. The summed E-state index contributed by atoms with van der Waals surface area (Å²) in [4.78, 5) is 4.79. The average molecular weight is 444 g/mol. The zero-order chi connectivity index (χ0) is 21.4. The van der Waals surface area contributed by atoms with Gasteiger partial charge in [0.1, 0.15) is 5.75 Å². The van der Waals surface area contributed by atoms with Crippen molar-refractivity contribution in [2.24, 2.45) is 0 Å². The molecule has 3 aliphatic rings.